The number of hydrogen-bond donors (Lipinski definition) is 0. The summed E-state index contributed by atoms with van der Waals surface area (Å²) < 4.78 is 42.5. The second-order valence-electron chi connectivity index (χ2n) is 4.74. The molecule has 0 fully saturated rings. The smallest absolute Gasteiger partial charge is 0.416 e. The molecule has 23 heavy (non-hydrogen) atoms. The zero-order chi connectivity index (χ0) is 17.2. The highest BCUT2D eigenvalue weighted by molar-refractivity contribution is 6.44. The molecule has 122 valence electrons. The average molecular weight is 363 g/mol. The SMILES string of the molecule is COc1ccc(C(=O)Cc2ccc(C(F)(F)F)cc2)c(Cl)c1Cl. The van der Waals surface area contributed by atoms with Crippen LogP contribution in [0.25, 0.3) is 0 Å². The molecule has 0 amide bonds. The minimum atomic E-state index is -4.41. The van der Waals surface area contributed by atoms with Crippen molar-refractivity contribution >= 4 is 29.0 Å². The van der Waals surface area contributed by atoms with E-state index in [-0.39, 0.29) is 27.8 Å². The van der Waals surface area contributed by atoms with Gasteiger partial charge in [0.25, 0.3) is 0 Å². The van der Waals surface area contributed by atoms with E-state index in [0.717, 1.165) is 12.1 Å². The van der Waals surface area contributed by atoms with Gasteiger partial charge < -0.3 is 4.74 Å². The Morgan fingerprint density at radius 2 is 1.65 bits per heavy atom. The summed E-state index contributed by atoms with van der Waals surface area (Å²) in [5, 5.41) is 0.176. The lowest BCUT2D eigenvalue weighted by Crippen LogP contribution is -2.07. The van der Waals surface area contributed by atoms with Gasteiger partial charge in [0.15, 0.2) is 5.78 Å². The maximum Gasteiger partial charge on any atom is 0.416 e. The van der Waals surface area contributed by atoms with Gasteiger partial charge >= 0.3 is 6.18 Å². The molecule has 0 aliphatic rings. The minimum absolute atomic E-state index is 0.0583. The third-order valence-electron chi connectivity index (χ3n) is 3.21. The molecule has 0 aromatic heterocycles. The lowest BCUT2D eigenvalue weighted by Gasteiger charge is -2.10. The molecule has 0 unspecified atom stereocenters. The van der Waals surface area contributed by atoms with Crippen LogP contribution >= 0.6 is 23.2 Å². The van der Waals surface area contributed by atoms with Gasteiger partial charge in [-0.05, 0) is 29.8 Å². The molecular weight excluding hydrogens is 352 g/mol. The number of carbonyl (C=O) groups excluding carboxylic acids is 1. The second-order valence-corrected chi connectivity index (χ2v) is 5.49. The molecule has 2 nitrogen and oxygen atoms in total. The normalized spacial score (nSPS) is 11.4. The Labute approximate surface area is 140 Å². The van der Waals surface area contributed by atoms with Gasteiger partial charge in [0, 0.05) is 12.0 Å². The van der Waals surface area contributed by atoms with Crippen molar-refractivity contribution < 1.29 is 22.7 Å². The molecule has 7 heteroatoms. The van der Waals surface area contributed by atoms with Gasteiger partial charge in [0.2, 0.25) is 0 Å². The van der Waals surface area contributed by atoms with Gasteiger partial charge in [-0.1, -0.05) is 35.3 Å². The van der Waals surface area contributed by atoms with Gasteiger partial charge in [-0.15, -0.1) is 0 Å². The van der Waals surface area contributed by atoms with E-state index < -0.39 is 11.7 Å². The van der Waals surface area contributed by atoms with Gasteiger partial charge in [0.05, 0.1) is 17.7 Å². The van der Waals surface area contributed by atoms with Crippen LogP contribution in [0.4, 0.5) is 13.2 Å². The van der Waals surface area contributed by atoms with Crippen LogP contribution in [-0.2, 0) is 12.6 Å². The Morgan fingerprint density at radius 3 is 2.17 bits per heavy atom. The summed E-state index contributed by atoms with van der Waals surface area (Å²) in [6, 6.07) is 7.38. The zero-order valence-electron chi connectivity index (χ0n) is 11.9. The first-order valence-electron chi connectivity index (χ1n) is 6.45. The highest BCUT2D eigenvalue weighted by Crippen LogP contribution is 2.35. The fraction of sp³-hybridized carbons (Fsp3) is 0.188. The zero-order valence-corrected chi connectivity index (χ0v) is 13.4. The number of carbonyl (C=O) groups is 1. The van der Waals surface area contributed by atoms with Gasteiger partial charge in [-0.3, -0.25) is 4.79 Å². The van der Waals surface area contributed by atoms with Crippen LogP contribution in [-0.4, -0.2) is 12.9 Å². The Balaban J connectivity index is 2.21. The summed E-state index contributed by atoms with van der Waals surface area (Å²) in [5.41, 5.74) is -0.123. The lowest BCUT2D eigenvalue weighted by atomic mass is 10.0. The van der Waals surface area contributed by atoms with Crippen LogP contribution in [0.5, 0.6) is 5.75 Å². The Kier molecular flexibility index (Phi) is 5.22. The van der Waals surface area contributed by atoms with Crippen molar-refractivity contribution in [3.8, 4) is 5.75 Å². The molecular formula is C16H11Cl2F3O2. The van der Waals surface area contributed by atoms with E-state index in [2.05, 4.69) is 0 Å². The standard InChI is InChI=1S/C16H11Cl2F3O2/c1-23-13-7-6-11(14(17)15(13)18)12(22)8-9-2-4-10(5-3-9)16(19,20)21/h2-7H,8H2,1H3. The molecule has 0 aliphatic heterocycles. The number of hydrogen-bond acceptors (Lipinski definition) is 2. The van der Waals surface area contributed by atoms with Crippen molar-refractivity contribution in [2.45, 2.75) is 12.6 Å². The number of ether oxygens (including phenoxy) is 1. The summed E-state index contributed by atoms with van der Waals surface area (Å²) in [5.74, 6) is -0.0120. The molecule has 0 aliphatic carbocycles. The monoisotopic (exact) mass is 362 g/mol. The molecule has 2 aromatic rings. The van der Waals surface area contributed by atoms with Crippen molar-refractivity contribution in [3.63, 3.8) is 0 Å². The van der Waals surface area contributed by atoms with Crippen molar-refractivity contribution in [2.75, 3.05) is 7.11 Å². The van der Waals surface area contributed by atoms with E-state index >= 15 is 0 Å². The van der Waals surface area contributed by atoms with Crippen molar-refractivity contribution in [1.29, 1.82) is 0 Å². The van der Waals surface area contributed by atoms with Gasteiger partial charge in [-0.25, -0.2) is 0 Å². The number of Topliss-reactive ketones (excluding diaryl/α,β-unsaturated/α-hetero) is 1. The first-order valence-corrected chi connectivity index (χ1v) is 7.21. The van der Waals surface area contributed by atoms with Crippen LogP contribution in [0.1, 0.15) is 21.5 Å². The molecule has 0 saturated heterocycles. The molecule has 0 saturated carbocycles. The maximum absolute atomic E-state index is 12.5. The van der Waals surface area contributed by atoms with Crippen molar-refractivity contribution in [2.24, 2.45) is 0 Å². The predicted molar refractivity (Wildman–Crippen MR) is 82.5 cm³/mol. The van der Waals surface area contributed by atoms with E-state index in [9.17, 15) is 18.0 Å². The fourth-order valence-electron chi connectivity index (χ4n) is 2.00. The average Bonchev–Trinajstić information content (AvgIpc) is 2.49. The van der Waals surface area contributed by atoms with Crippen LogP contribution in [0.3, 0.4) is 0 Å². The third kappa shape index (κ3) is 3.98. The number of rotatable bonds is 4. The first kappa shape index (κ1) is 17.6. The summed E-state index contributed by atoms with van der Waals surface area (Å²) in [6.45, 7) is 0. The highest BCUT2D eigenvalue weighted by Gasteiger charge is 2.30. The molecule has 2 aromatic carbocycles. The number of alkyl halides is 3. The van der Waals surface area contributed by atoms with E-state index in [1.165, 1.54) is 31.4 Å². The molecule has 0 N–H and O–H groups in total. The predicted octanol–water partition coefficient (Wildman–Crippen LogP) is 5.45. The molecule has 0 spiro atoms. The van der Waals surface area contributed by atoms with E-state index in [1.807, 2.05) is 0 Å². The largest absolute Gasteiger partial charge is 0.495 e. The number of ketones is 1. The van der Waals surface area contributed by atoms with Crippen molar-refractivity contribution in [3.05, 3.63) is 63.1 Å². The molecule has 0 atom stereocenters. The Hall–Kier alpha value is -1.72. The molecule has 0 heterocycles. The number of benzene rings is 2. The minimum Gasteiger partial charge on any atom is -0.495 e. The van der Waals surface area contributed by atoms with Gasteiger partial charge in [0.1, 0.15) is 10.8 Å². The van der Waals surface area contributed by atoms with Crippen LogP contribution in [0.15, 0.2) is 36.4 Å². The number of halogens is 5. The highest BCUT2D eigenvalue weighted by atomic mass is 35.5. The van der Waals surface area contributed by atoms with Crippen LogP contribution < -0.4 is 4.74 Å². The first-order chi connectivity index (χ1) is 10.7. The molecule has 2 rings (SSSR count). The van der Waals surface area contributed by atoms with Crippen molar-refractivity contribution in [1.82, 2.24) is 0 Å². The van der Waals surface area contributed by atoms with E-state index in [0.29, 0.717) is 11.3 Å². The summed E-state index contributed by atoms with van der Waals surface area (Å²) in [4.78, 5) is 12.3. The maximum atomic E-state index is 12.5. The van der Waals surface area contributed by atoms with Gasteiger partial charge in [-0.2, -0.15) is 13.2 Å². The fourth-order valence-corrected chi connectivity index (χ4v) is 2.50. The molecule has 0 bridgehead atoms. The third-order valence-corrected chi connectivity index (χ3v) is 4.08. The second kappa shape index (κ2) is 6.81. The van der Waals surface area contributed by atoms with Crippen LogP contribution in [0.2, 0.25) is 10.0 Å². The van der Waals surface area contributed by atoms with E-state index in [4.69, 9.17) is 27.9 Å². The summed E-state index contributed by atoms with van der Waals surface area (Å²) in [6.07, 6.45) is -4.49. The Bertz CT molecular complexity index is 725. The quantitative estimate of drug-likeness (QED) is 0.676. The Morgan fingerprint density at radius 1 is 1.04 bits per heavy atom. The van der Waals surface area contributed by atoms with Crippen LogP contribution in [0, 0.1) is 0 Å². The summed E-state index contributed by atoms with van der Waals surface area (Å²) >= 11 is 12.0. The van der Waals surface area contributed by atoms with E-state index in [1.54, 1.807) is 0 Å². The number of methoxy groups -OCH3 is 1. The molecule has 0 radical (unpaired) electrons. The lowest BCUT2D eigenvalue weighted by molar-refractivity contribution is -0.137. The summed E-state index contributed by atoms with van der Waals surface area (Å²) in [7, 11) is 1.42. The topological polar surface area (TPSA) is 26.3 Å².